The van der Waals surface area contributed by atoms with Gasteiger partial charge in [0.25, 0.3) is 5.91 Å². The van der Waals surface area contributed by atoms with E-state index in [1.54, 1.807) is 12.1 Å². The number of halogens is 1. The van der Waals surface area contributed by atoms with Gasteiger partial charge in [0.1, 0.15) is 5.82 Å². The summed E-state index contributed by atoms with van der Waals surface area (Å²) in [6.45, 7) is 4.03. The van der Waals surface area contributed by atoms with Crippen LogP contribution in [0.5, 0.6) is 0 Å². The number of carbonyl (C=O) groups excluding carboxylic acids is 2. The Balaban J connectivity index is 1.41. The van der Waals surface area contributed by atoms with E-state index in [0.717, 1.165) is 41.8 Å². The molecule has 0 saturated carbocycles. The number of hydrogen-bond donors (Lipinski definition) is 0. The van der Waals surface area contributed by atoms with Crippen molar-refractivity contribution in [3.8, 4) is 0 Å². The molecule has 2 heterocycles. The highest BCUT2D eigenvalue weighted by Crippen LogP contribution is 2.44. The molecule has 2 aliphatic heterocycles. The summed E-state index contributed by atoms with van der Waals surface area (Å²) in [6.07, 6.45) is 1.85. The van der Waals surface area contributed by atoms with E-state index in [1.807, 2.05) is 52.8 Å². The number of likely N-dealkylation sites (tertiary alicyclic amines) is 1. The Labute approximate surface area is 175 Å². The van der Waals surface area contributed by atoms with E-state index in [0.29, 0.717) is 13.1 Å². The molecule has 2 aliphatic rings. The molecule has 2 aromatic rings. The van der Waals surface area contributed by atoms with Crippen LogP contribution in [0.15, 0.2) is 48.5 Å². The van der Waals surface area contributed by atoms with E-state index >= 15 is 0 Å². The molecule has 0 aromatic heterocycles. The highest BCUT2D eigenvalue weighted by molar-refractivity contribution is 8.00. The van der Waals surface area contributed by atoms with Crippen molar-refractivity contribution < 1.29 is 14.0 Å². The minimum Gasteiger partial charge on any atom is -0.342 e. The van der Waals surface area contributed by atoms with Gasteiger partial charge in [0.15, 0.2) is 0 Å². The molecule has 2 amide bonds. The molecule has 0 unspecified atom stereocenters. The first-order valence-corrected chi connectivity index (χ1v) is 11.0. The summed E-state index contributed by atoms with van der Waals surface area (Å²) in [5.41, 5.74) is 2.64. The minimum absolute atomic E-state index is 0.0611. The molecule has 0 N–H and O–H groups in total. The van der Waals surface area contributed by atoms with E-state index in [-0.39, 0.29) is 28.9 Å². The molecular weight excluding hydrogens is 387 g/mol. The van der Waals surface area contributed by atoms with Crippen molar-refractivity contribution in [2.75, 3.05) is 25.4 Å². The van der Waals surface area contributed by atoms with Crippen LogP contribution in [0.1, 0.15) is 34.3 Å². The Morgan fingerprint density at radius 1 is 1.07 bits per heavy atom. The zero-order chi connectivity index (χ0) is 20.4. The molecule has 2 saturated heterocycles. The highest BCUT2D eigenvalue weighted by Gasteiger charge is 2.47. The van der Waals surface area contributed by atoms with Crippen LogP contribution in [-0.2, 0) is 11.2 Å². The zero-order valence-corrected chi connectivity index (χ0v) is 17.4. The van der Waals surface area contributed by atoms with Crippen molar-refractivity contribution in [1.29, 1.82) is 0 Å². The Morgan fingerprint density at radius 3 is 2.48 bits per heavy atom. The van der Waals surface area contributed by atoms with Gasteiger partial charge in [0, 0.05) is 31.0 Å². The van der Waals surface area contributed by atoms with Crippen molar-refractivity contribution in [1.82, 2.24) is 9.80 Å². The number of hydrogen-bond acceptors (Lipinski definition) is 3. The molecule has 0 radical (unpaired) electrons. The average Bonchev–Trinajstić information content (AvgIpc) is 3.12. The van der Waals surface area contributed by atoms with Gasteiger partial charge in [-0.1, -0.05) is 29.8 Å². The standard InChI is InChI=1S/C23H25FN2O2S/c1-17-3-2-4-19(15-17)22(28)26-13-14-29-23(26)9-11-25(12-10-23)21(27)16-18-5-7-20(24)8-6-18/h2-8,15H,9-14,16H2,1H3. The molecule has 2 fully saturated rings. The van der Waals surface area contributed by atoms with Crippen molar-refractivity contribution >= 4 is 23.6 Å². The highest BCUT2D eigenvalue weighted by atomic mass is 32.2. The molecule has 0 aliphatic carbocycles. The molecule has 2 aromatic carbocycles. The molecule has 29 heavy (non-hydrogen) atoms. The predicted molar refractivity (Wildman–Crippen MR) is 113 cm³/mol. The molecule has 0 bridgehead atoms. The molecule has 0 atom stereocenters. The second-order valence-electron chi connectivity index (χ2n) is 7.80. The monoisotopic (exact) mass is 412 g/mol. The molecule has 6 heteroatoms. The van der Waals surface area contributed by atoms with Gasteiger partial charge >= 0.3 is 0 Å². The van der Waals surface area contributed by atoms with Crippen LogP contribution < -0.4 is 0 Å². The zero-order valence-electron chi connectivity index (χ0n) is 16.6. The van der Waals surface area contributed by atoms with Crippen LogP contribution in [0.4, 0.5) is 4.39 Å². The molecule has 4 rings (SSSR count). The molecule has 4 nitrogen and oxygen atoms in total. The largest absolute Gasteiger partial charge is 0.342 e. The maximum Gasteiger partial charge on any atom is 0.255 e. The van der Waals surface area contributed by atoms with Crippen LogP contribution in [-0.4, -0.2) is 51.9 Å². The Morgan fingerprint density at radius 2 is 1.79 bits per heavy atom. The van der Waals surface area contributed by atoms with Crippen molar-refractivity contribution in [3.63, 3.8) is 0 Å². The molecule has 1 spiro atoms. The van der Waals surface area contributed by atoms with E-state index in [1.165, 1.54) is 12.1 Å². The predicted octanol–water partition coefficient (Wildman–Crippen LogP) is 3.88. The van der Waals surface area contributed by atoms with Gasteiger partial charge in [-0.3, -0.25) is 9.59 Å². The number of benzene rings is 2. The summed E-state index contributed by atoms with van der Waals surface area (Å²) in [5.74, 6) is 0.787. The van der Waals surface area contributed by atoms with Crippen LogP contribution >= 0.6 is 11.8 Å². The SMILES string of the molecule is Cc1cccc(C(=O)N2CCSC23CCN(C(=O)Cc2ccc(F)cc2)CC3)c1. The van der Waals surface area contributed by atoms with Crippen molar-refractivity contribution in [3.05, 3.63) is 71.0 Å². The van der Waals surface area contributed by atoms with E-state index in [2.05, 4.69) is 0 Å². The van der Waals surface area contributed by atoms with Gasteiger partial charge in [-0.25, -0.2) is 4.39 Å². The van der Waals surface area contributed by atoms with E-state index in [9.17, 15) is 14.0 Å². The van der Waals surface area contributed by atoms with E-state index in [4.69, 9.17) is 0 Å². The number of aryl methyl sites for hydroxylation is 1. The topological polar surface area (TPSA) is 40.6 Å². The lowest BCUT2D eigenvalue weighted by molar-refractivity contribution is -0.132. The third-order valence-corrected chi connectivity index (χ3v) is 7.41. The lowest BCUT2D eigenvalue weighted by atomic mass is 9.99. The minimum atomic E-state index is -0.294. The van der Waals surface area contributed by atoms with Gasteiger partial charge in [-0.05, 0) is 49.6 Å². The van der Waals surface area contributed by atoms with Crippen molar-refractivity contribution in [2.24, 2.45) is 0 Å². The van der Waals surface area contributed by atoms with Crippen LogP contribution in [0.25, 0.3) is 0 Å². The Kier molecular flexibility index (Phi) is 5.63. The number of rotatable bonds is 3. The van der Waals surface area contributed by atoms with Gasteiger partial charge in [0.2, 0.25) is 5.91 Å². The number of thioether (sulfide) groups is 1. The third kappa shape index (κ3) is 4.17. The Hall–Kier alpha value is -2.34. The summed E-state index contributed by atoms with van der Waals surface area (Å²) < 4.78 is 13.1. The first-order valence-electron chi connectivity index (χ1n) is 10.0. The van der Waals surface area contributed by atoms with Gasteiger partial charge in [-0.15, -0.1) is 11.8 Å². The van der Waals surface area contributed by atoms with Gasteiger partial charge in [0.05, 0.1) is 11.3 Å². The second kappa shape index (κ2) is 8.19. The lowest BCUT2D eigenvalue weighted by Gasteiger charge is -2.44. The molecule has 152 valence electrons. The fourth-order valence-electron chi connectivity index (χ4n) is 4.24. The summed E-state index contributed by atoms with van der Waals surface area (Å²) in [7, 11) is 0. The van der Waals surface area contributed by atoms with Gasteiger partial charge in [-0.2, -0.15) is 0 Å². The maximum absolute atomic E-state index is 13.2. The molecular formula is C23H25FN2O2S. The normalized spacial score (nSPS) is 18.3. The number of nitrogens with zero attached hydrogens (tertiary/aromatic N) is 2. The second-order valence-corrected chi connectivity index (χ2v) is 9.26. The number of piperidine rings is 1. The first kappa shape index (κ1) is 20.0. The average molecular weight is 413 g/mol. The van der Waals surface area contributed by atoms with Crippen LogP contribution in [0.3, 0.4) is 0 Å². The number of carbonyl (C=O) groups is 2. The summed E-state index contributed by atoms with van der Waals surface area (Å²) in [4.78, 5) is 29.5. The van der Waals surface area contributed by atoms with Crippen molar-refractivity contribution in [2.45, 2.75) is 31.1 Å². The fourth-order valence-corrected chi connectivity index (χ4v) is 5.69. The lowest BCUT2D eigenvalue weighted by Crippen LogP contribution is -2.53. The maximum atomic E-state index is 13.2. The quantitative estimate of drug-likeness (QED) is 0.768. The third-order valence-electron chi connectivity index (χ3n) is 5.85. The smallest absolute Gasteiger partial charge is 0.255 e. The van der Waals surface area contributed by atoms with Crippen LogP contribution in [0.2, 0.25) is 0 Å². The Bertz CT molecular complexity index is 907. The number of amides is 2. The fraction of sp³-hybridized carbons (Fsp3) is 0.391. The summed E-state index contributed by atoms with van der Waals surface area (Å²) in [5, 5.41) is 0. The summed E-state index contributed by atoms with van der Waals surface area (Å²) >= 11 is 1.85. The van der Waals surface area contributed by atoms with Crippen LogP contribution in [0, 0.1) is 12.7 Å². The first-order chi connectivity index (χ1) is 14.0. The van der Waals surface area contributed by atoms with E-state index < -0.39 is 0 Å². The summed E-state index contributed by atoms with van der Waals surface area (Å²) in [6, 6.07) is 13.8. The van der Waals surface area contributed by atoms with Gasteiger partial charge < -0.3 is 9.80 Å².